The highest BCUT2D eigenvalue weighted by Crippen LogP contribution is 2.39. The van der Waals surface area contributed by atoms with Crippen LogP contribution >= 0.6 is 22.9 Å². The SMILES string of the molecule is COc1cccc2cc(C3CC(c4cccs4)=NN3S(C)(=O)=O)c(Cl)nc12. The Hall–Kier alpha value is -2.16. The van der Waals surface area contributed by atoms with Crippen molar-refractivity contribution >= 4 is 49.6 Å². The Balaban J connectivity index is 1.83. The van der Waals surface area contributed by atoms with E-state index in [0.717, 1.165) is 26.6 Å². The van der Waals surface area contributed by atoms with Crippen LogP contribution in [0.1, 0.15) is 22.9 Å². The summed E-state index contributed by atoms with van der Waals surface area (Å²) in [4.78, 5) is 5.41. The molecule has 9 heteroatoms. The summed E-state index contributed by atoms with van der Waals surface area (Å²) in [6, 6.07) is 10.7. The highest BCUT2D eigenvalue weighted by Gasteiger charge is 2.36. The van der Waals surface area contributed by atoms with Crippen LogP contribution in [0.4, 0.5) is 0 Å². The highest BCUT2D eigenvalue weighted by molar-refractivity contribution is 7.88. The fraction of sp³-hybridized carbons (Fsp3) is 0.222. The van der Waals surface area contributed by atoms with Gasteiger partial charge in [0, 0.05) is 17.4 Å². The molecule has 0 spiro atoms. The van der Waals surface area contributed by atoms with E-state index in [-0.39, 0.29) is 5.15 Å². The molecule has 0 radical (unpaired) electrons. The van der Waals surface area contributed by atoms with E-state index in [1.807, 2.05) is 41.8 Å². The molecule has 0 amide bonds. The van der Waals surface area contributed by atoms with Gasteiger partial charge in [-0.05, 0) is 23.6 Å². The second-order valence-electron chi connectivity index (χ2n) is 6.18. The lowest BCUT2D eigenvalue weighted by Gasteiger charge is -2.22. The van der Waals surface area contributed by atoms with E-state index in [2.05, 4.69) is 10.1 Å². The predicted octanol–water partition coefficient (Wildman–Crippen LogP) is 4.07. The maximum absolute atomic E-state index is 12.3. The van der Waals surface area contributed by atoms with Crippen LogP contribution in [0.25, 0.3) is 10.9 Å². The van der Waals surface area contributed by atoms with Crippen molar-refractivity contribution in [3.63, 3.8) is 0 Å². The predicted molar refractivity (Wildman–Crippen MR) is 108 cm³/mol. The molecule has 1 unspecified atom stereocenters. The number of fused-ring (bicyclic) bond motifs is 1. The number of rotatable bonds is 4. The third kappa shape index (κ3) is 3.28. The molecule has 0 bridgehead atoms. The molecule has 0 N–H and O–H groups in total. The van der Waals surface area contributed by atoms with Gasteiger partial charge in [0.05, 0.1) is 30.0 Å². The van der Waals surface area contributed by atoms with Crippen LogP contribution in [0.15, 0.2) is 46.9 Å². The summed E-state index contributed by atoms with van der Waals surface area (Å²) in [5.74, 6) is 0.614. The lowest BCUT2D eigenvalue weighted by Crippen LogP contribution is -2.26. The summed E-state index contributed by atoms with van der Waals surface area (Å²) in [5, 5.41) is 7.38. The Kier molecular flexibility index (Phi) is 4.57. The van der Waals surface area contributed by atoms with E-state index in [1.54, 1.807) is 7.11 Å². The Labute approximate surface area is 166 Å². The summed E-state index contributed by atoms with van der Waals surface area (Å²) >= 11 is 7.99. The number of nitrogens with zero attached hydrogens (tertiary/aromatic N) is 3. The first-order valence-electron chi connectivity index (χ1n) is 8.12. The van der Waals surface area contributed by atoms with Crippen LogP contribution in [0.3, 0.4) is 0 Å². The largest absolute Gasteiger partial charge is 0.494 e. The molecule has 0 saturated carbocycles. The average Bonchev–Trinajstić information content (AvgIpc) is 3.29. The Morgan fingerprint density at radius 2 is 2.11 bits per heavy atom. The molecule has 1 aliphatic rings. The molecule has 0 saturated heterocycles. The Morgan fingerprint density at radius 1 is 1.30 bits per heavy atom. The highest BCUT2D eigenvalue weighted by atomic mass is 35.5. The van der Waals surface area contributed by atoms with E-state index >= 15 is 0 Å². The van der Waals surface area contributed by atoms with Gasteiger partial charge in [-0.1, -0.05) is 29.8 Å². The van der Waals surface area contributed by atoms with Crippen LogP contribution in [-0.2, 0) is 10.0 Å². The molecule has 27 heavy (non-hydrogen) atoms. The topological polar surface area (TPSA) is 71.9 Å². The van der Waals surface area contributed by atoms with Gasteiger partial charge in [-0.2, -0.15) is 9.52 Å². The van der Waals surface area contributed by atoms with Crippen molar-refractivity contribution in [3.8, 4) is 5.75 Å². The minimum Gasteiger partial charge on any atom is -0.494 e. The fourth-order valence-electron chi connectivity index (χ4n) is 3.18. The van der Waals surface area contributed by atoms with E-state index < -0.39 is 16.1 Å². The molecular weight excluding hydrogens is 406 g/mol. The Bertz CT molecular complexity index is 1140. The summed E-state index contributed by atoms with van der Waals surface area (Å²) in [5.41, 5.74) is 1.98. The first-order valence-corrected chi connectivity index (χ1v) is 11.2. The minimum atomic E-state index is -3.57. The maximum atomic E-state index is 12.3. The van der Waals surface area contributed by atoms with Crippen molar-refractivity contribution in [2.75, 3.05) is 13.4 Å². The van der Waals surface area contributed by atoms with E-state index in [9.17, 15) is 8.42 Å². The molecule has 1 aliphatic heterocycles. The lowest BCUT2D eigenvalue weighted by atomic mass is 10.0. The third-order valence-electron chi connectivity index (χ3n) is 4.39. The van der Waals surface area contributed by atoms with Gasteiger partial charge in [0.1, 0.15) is 16.4 Å². The molecule has 2 aromatic heterocycles. The van der Waals surface area contributed by atoms with Gasteiger partial charge in [0.25, 0.3) is 0 Å². The van der Waals surface area contributed by atoms with Crippen molar-refractivity contribution in [1.82, 2.24) is 9.40 Å². The van der Waals surface area contributed by atoms with Crippen molar-refractivity contribution in [1.29, 1.82) is 0 Å². The van der Waals surface area contributed by atoms with Crippen LogP contribution in [0, 0.1) is 0 Å². The zero-order valence-corrected chi connectivity index (χ0v) is 17.0. The third-order valence-corrected chi connectivity index (χ3v) is 6.62. The van der Waals surface area contributed by atoms with Gasteiger partial charge in [-0.3, -0.25) is 0 Å². The molecule has 1 aromatic carbocycles. The number of hydrogen-bond donors (Lipinski definition) is 0. The average molecular weight is 422 g/mol. The lowest BCUT2D eigenvalue weighted by molar-refractivity contribution is 0.374. The first-order chi connectivity index (χ1) is 12.9. The molecule has 4 rings (SSSR count). The van der Waals surface area contributed by atoms with Gasteiger partial charge in [0.15, 0.2) is 0 Å². The molecule has 6 nitrogen and oxygen atoms in total. The van der Waals surface area contributed by atoms with Crippen LogP contribution in [0.5, 0.6) is 5.75 Å². The molecule has 0 fully saturated rings. The van der Waals surface area contributed by atoms with E-state index in [1.165, 1.54) is 11.3 Å². The molecule has 3 heterocycles. The molecule has 0 aliphatic carbocycles. The zero-order chi connectivity index (χ0) is 19.2. The van der Waals surface area contributed by atoms with Gasteiger partial charge >= 0.3 is 0 Å². The monoisotopic (exact) mass is 421 g/mol. The number of benzene rings is 1. The summed E-state index contributed by atoms with van der Waals surface area (Å²) in [7, 11) is -2.00. The number of para-hydroxylation sites is 1. The number of methoxy groups -OCH3 is 1. The molecule has 3 aromatic rings. The smallest absolute Gasteiger partial charge is 0.247 e. The first kappa shape index (κ1) is 18.2. The number of ether oxygens (including phenoxy) is 1. The number of aromatic nitrogens is 1. The maximum Gasteiger partial charge on any atom is 0.247 e. The normalized spacial score (nSPS) is 17.4. The van der Waals surface area contributed by atoms with Crippen LogP contribution in [0.2, 0.25) is 5.15 Å². The van der Waals surface area contributed by atoms with E-state index in [4.69, 9.17) is 16.3 Å². The summed E-state index contributed by atoms with van der Waals surface area (Å²) < 4.78 is 31.2. The van der Waals surface area contributed by atoms with Crippen molar-refractivity contribution in [2.24, 2.45) is 5.10 Å². The number of sulfonamides is 1. The zero-order valence-electron chi connectivity index (χ0n) is 14.6. The van der Waals surface area contributed by atoms with Gasteiger partial charge in [0.2, 0.25) is 10.0 Å². The van der Waals surface area contributed by atoms with Crippen molar-refractivity contribution in [2.45, 2.75) is 12.5 Å². The standard InChI is InChI=1S/C18H16ClN3O3S2/c1-25-15-6-3-5-11-9-12(18(19)20-17(11)15)14-10-13(16-7-4-8-26-16)21-22(14)27(2,23)24/h3-9,14H,10H2,1-2H3. The number of pyridine rings is 1. The fourth-order valence-corrected chi connectivity index (χ4v) is 5.06. The second kappa shape index (κ2) is 6.78. The van der Waals surface area contributed by atoms with E-state index in [0.29, 0.717) is 23.3 Å². The molecule has 1 atom stereocenters. The van der Waals surface area contributed by atoms with Gasteiger partial charge < -0.3 is 4.74 Å². The quantitative estimate of drug-likeness (QED) is 0.595. The minimum absolute atomic E-state index is 0.244. The summed E-state index contributed by atoms with van der Waals surface area (Å²) in [6.07, 6.45) is 1.58. The van der Waals surface area contributed by atoms with Crippen molar-refractivity contribution in [3.05, 3.63) is 57.4 Å². The van der Waals surface area contributed by atoms with Crippen LogP contribution in [-0.4, -0.2) is 36.9 Å². The molecule has 140 valence electrons. The number of hydrogen-bond acceptors (Lipinski definition) is 6. The van der Waals surface area contributed by atoms with Crippen molar-refractivity contribution < 1.29 is 13.2 Å². The summed E-state index contributed by atoms with van der Waals surface area (Å²) in [6.45, 7) is 0. The molecular formula is C18H16ClN3O3S2. The second-order valence-corrected chi connectivity index (χ2v) is 9.33. The van der Waals surface area contributed by atoms with Gasteiger partial charge in [-0.15, -0.1) is 11.3 Å². The number of halogens is 1. The number of hydrazone groups is 1. The Morgan fingerprint density at radius 3 is 2.78 bits per heavy atom. The van der Waals surface area contributed by atoms with Gasteiger partial charge in [-0.25, -0.2) is 13.4 Å². The van der Waals surface area contributed by atoms with Crippen LogP contribution < -0.4 is 4.74 Å². The number of thiophene rings is 1.